The number of nitrogens with zero attached hydrogens (tertiary/aromatic N) is 2. The molecule has 1 aromatic heterocycles. The summed E-state index contributed by atoms with van der Waals surface area (Å²) in [5, 5.41) is 11.5. The summed E-state index contributed by atoms with van der Waals surface area (Å²) in [5.41, 5.74) is 2.82. The summed E-state index contributed by atoms with van der Waals surface area (Å²) >= 11 is 0. The summed E-state index contributed by atoms with van der Waals surface area (Å²) in [5.74, 6) is 0.169. The largest absolute Gasteiger partial charge is 0.507 e. The van der Waals surface area contributed by atoms with E-state index in [-0.39, 0.29) is 24.0 Å². The van der Waals surface area contributed by atoms with E-state index in [4.69, 9.17) is 14.2 Å². The van der Waals surface area contributed by atoms with Gasteiger partial charge in [0.05, 0.1) is 24.8 Å². The summed E-state index contributed by atoms with van der Waals surface area (Å²) < 4.78 is 17.3. The molecular formula is C30H30N2O6. The van der Waals surface area contributed by atoms with Crippen LogP contribution in [0.2, 0.25) is 0 Å². The smallest absolute Gasteiger partial charge is 0.295 e. The highest BCUT2D eigenvalue weighted by atomic mass is 16.5. The van der Waals surface area contributed by atoms with Crippen LogP contribution in [-0.2, 0) is 22.6 Å². The Hall–Kier alpha value is -4.33. The topological polar surface area (TPSA) is 98.2 Å². The molecule has 1 amide bonds. The van der Waals surface area contributed by atoms with Crippen LogP contribution in [0.4, 0.5) is 0 Å². The molecule has 1 fully saturated rings. The lowest BCUT2D eigenvalue weighted by atomic mass is 9.94. The third kappa shape index (κ3) is 4.69. The van der Waals surface area contributed by atoms with Gasteiger partial charge in [-0.25, -0.2) is 0 Å². The molecule has 5 rings (SSSR count). The highest BCUT2D eigenvalue weighted by molar-refractivity contribution is 6.46. The number of ketones is 1. The second-order valence-electron chi connectivity index (χ2n) is 9.32. The number of rotatable bonds is 8. The quantitative estimate of drug-likeness (QED) is 0.261. The zero-order chi connectivity index (χ0) is 26.8. The molecule has 38 heavy (non-hydrogen) atoms. The van der Waals surface area contributed by atoms with E-state index in [1.165, 1.54) is 4.90 Å². The second kappa shape index (κ2) is 10.6. The lowest BCUT2D eigenvalue weighted by Gasteiger charge is -2.26. The Morgan fingerprint density at radius 3 is 2.61 bits per heavy atom. The number of fused-ring (bicyclic) bond motifs is 1. The number of carbonyl (C=O) groups is 2. The van der Waals surface area contributed by atoms with Gasteiger partial charge >= 0.3 is 0 Å². The van der Waals surface area contributed by atoms with Gasteiger partial charge in [-0.3, -0.25) is 14.6 Å². The molecule has 0 unspecified atom stereocenters. The Kier molecular flexibility index (Phi) is 7.05. The number of aliphatic hydroxyl groups excluding tert-OH is 1. The van der Waals surface area contributed by atoms with Gasteiger partial charge in [0.15, 0.2) is 11.5 Å². The number of ether oxygens (including phenoxy) is 3. The summed E-state index contributed by atoms with van der Waals surface area (Å²) in [7, 11) is 0. The molecule has 2 aliphatic heterocycles. The molecule has 2 atom stereocenters. The van der Waals surface area contributed by atoms with Gasteiger partial charge < -0.3 is 24.2 Å². The van der Waals surface area contributed by atoms with Crippen LogP contribution in [0.15, 0.2) is 66.5 Å². The van der Waals surface area contributed by atoms with Crippen LogP contribution in [0.5, 0.6) is 17.2 Å². The molecule has 0 radical (unpaired) electrons. The minimum atomic E-state index is -0.839. The maximum absolute atomic E-state index is 13.5. The van der Waals surface area contributed by atoms with Crippen LogP contribution in [0, 0.1) is 0 Å². The maximum Gasteiger partial charge on any atom is 0.295 e. The number of likely N-dealkylation sites (tertiary alicyclic amines) is 1. The third-order valence-corrected chi connectivity index (χ3v) is 6.67. The minimum absolute atomic E-state index is 0.0254. The van der Waals surface area contributed by atoms with Crippen LogP contribution >= 0.6 is 0 Å². The van der Waals surface area contributed by atoms with Crippen molar-refractivity contribution in [3.63, 3.8) is 0 Å². The number of aliphatic hydroxyl groups is 1. The van der Waals surface area contributed by atoms with Gasteiger partial charge in [-0.05, 0) is 73.9 Å². The zero-order valence-electron chi connectivity index (χ0n) is 21.6. The summed E-state index contributed by atoms with van der Waals surface area (Å²) in [4.78, 5) is 32.5. The molecular weight excluding hydrogens is 484 g/mol. The first kappa shape index (κ1) is 25.3. The molecule has 0 aliphatic carbocycles. The molecule has 196 valence electrons. The molecule has 0 bridgehead atoms. The Bertz CT molecular complexity index is 1400. The maximum atomic E-state index is 13.5. The first-order chi connectivity index (χ1) is 18.4. The number of carbonyl (C=O) groups excluding carboxylic acids is 2. The second-order valence-corrected chi connectivity index (χ2v) is 9.32. The molecule has 3 heterocycles. The molecule has 3 aromatic rings. The average Bonchev–Trinajstić information content (AvgIpc) is 3.41. The highest BCUT2D eigenvalue weighted by Crippen LogP contribution is 2.43. The number of hydrogen-bond acceptors (Lipinski definition) is 7. The van der Waals surface area contributed by atoms with Crippen molar-refractivity contribution in [3.8, 4) is 17.2 Å². The van der Waals surface area contributed by atoms with Crippen LogP contribution < -0.4 is 14.2 Å². The van der Waals surface area contributed by atoms with Gasteiger partial charge in [-0.2, -0.15) is 0 Å². The fourth-order valence-corrected chi connectivity index (χ4v) is 5.04. The molecule has 0 saturated carbocycles. The van der Waals surface area contributed by atoms with E-state index >= 15 is 0 Å². The van der Waals surface area contributed by atoms with Crippen molar-refractivity contribution in [3.05, 3.63) is 88.8 Å². The summed E-state index contributed by atoms with van der Waals surface area (Å²) in [6.07, 6.45) is 4.04. The summed E-state index contributed by atoms with van der Waals surface area (Å²) in [6, 6.07) is 13.4. The molecule has 2 aliphatic rings. The third-order valence-electron chi connectivity index (χ3n) is 6.67. The Balaban J connectivity index is 1.65. The van der Waals surface area contributed by atoms with Gasteiger partial charge in [0.2, 0.25) is 0 Å². The van der Waals surface area contributed by atoms with Gasteiger partial charge in [-0.15, -0.1) is 0 Å². The van der Waals surface area contributed by atoms with Crippen molar-refractivity contribution < 1.29 is 28.9 Å². The lowest BCUT2D eigenvalue weighted by Crippen LogP contribution is -2.29. The van der Waals surface area contributed by atoms with E-state index in [0.717, 1.165) is 16.9 Å². The van der Waals surface area contributed by atoms with E-state index < -0.39 is 17.7 Å². The highest BCUT2D eigenvalue weighted by Gasteiger charge is 2.46. The number of amides is 1. The predicted octanol–water partition coefficient (Wildman–Crippen LogP) is 4.82. The molecule has 2 aromatic carbocycles. The Morgan fingerprint density at radius 1 is 1.08 bits per heavy atom. The van der Waals surface area contributed by atoms with Crippen LogP contribution in [-0.4, -0.2) is 46.0 Å². The molecule has 8 heteroatoms. The first-order valence-corrected chi connectivity index (χ1v) is 12.8. The molecule has 0 spiro atoms. The van der Waals surface area contributed by atoms with Gasteiger partial charge in [0, 0.05) is 30.9 Å². The van der Waals surface area contributed by atoms with Crippen LogP contribution in [0.3, 0.4) is 0 Å². The van der Waals surface area contributed by atoms with Gasteiger partial charge in [0.1, 0.15) is 17.6 Å². The minimum Gasteiger partial charge on any atom is -0.507 e. The lowest BCUT2D eigenvalue weighted by molar-refractivity contribution is -0.140. The number of aromatic nitrogens is 1. The Labute approximate surface area is 221 Å². The van der Waals surface area contributed by atoms with Crippen molar-refractivity contribution in [2.75, 3.05) is 13.2 Å². The number of pyridine rings is 1. The molecule has 1 saturated heterocycles. The van der Waals surface area contributed by atoms with Crippen LogP contribution in [0.1, 0.15) is 49.1 Å². The van der Waals surface area contributed by atoms with Gasteiger partial charge in [0.25, 0.3) is 11.7 Å². The summed E-state index contributed by atoms with van der Waals surface area (Å²) in [6.45, 7) is 6.75. The van der Waals surface area contributed by atoms with Gasteiger partial charge in [-0.1, -0.05) is 12.1 Å². The fraction of sp³-hybridized carbons (Fsp3) is 0.300. The first-order valence-electron chi connectivity index (χ1n) is 12.8. The van der Waals surface area contributed by atoms with Crippen molar-refractivity contribution in [2.24, 2.45) is 0 Å². The predicted molar refractivity (Wildman–Crippen MR) is 141 cm³/mol. The van der Waals surface area contributed by atoms with E-state index in [1.54, 1.807) is 48.8 Å². The zero-order valence-corrected chi connectivity index (χ0v) is 21.6. The molecule has 1 N–H and O–H groups in total. The van der Waals surface area contributed by atoms with E-state index in [0.29, 0.717) is 42.3 Å². The van der Waals surface area contributed by atoms with Crippen LogP contribution in [0.25, 0.3) is 5.76 Å². The Morgan fingerprint density at radius 2 is 1.87 bits per heavy atom. The van der Waals surface area contributed by atoms with Crippen molar-refractivity contribution in [1.82, 2.24) is 9.88 Å². The standard InChI is InChI=1S/C30H30N2O6/c1-4-36-24-11-8-20(15-25(24)37-5-2)27-26(28(33)21-9-10-23-22(14-21)13-18(3)38-23)29(34)30(35)32(27)17-19-7-6-12-31-16-19/h6-12,14-16,18,27,33H,4-5,13,17H2,1-3H3/b28-26+/t18-,27+/m1/s1. The fourth-order valence-electron chi connectivity index (χ4n) is 5.04. The average molecular weight is 515 g/mol. The number of benzene rings is 2. The van der Waals surface area contributed by atoms with Crippen molar-refractivity contribution >= 4 is 17.4 Å². The molecule has 8 nitrogen and oxygen atoms in total. The van der Waals surface area contributed by atoms with E-state index in [1.807, 2.05) is 32.9 Å². The van der Waals surface area contributed by atoms with E-state index in [9.17, 15) is 14.7 Å². The van der Waals surface area contributed by atoms with Crippen molar-refractivity contribution in [2.45, 2.75) is 45.9 Å². The normalized spacial score (nSPS) is 19.8. The van der Waals surface area contributed by atoms with E-state index in [2.05, 4.69) is 4.98 Å². The number of hydrogen-bond donors (Lipinski definition) is 1. The van der Waals surface area contributed by atoms with Crippen molar-refractivity contribution in [1.29, 1.82) is 0 Å². The monoisotopic (exact) mass is 514 g/mol. The number of Topliss-reactive ketones (excluding diaryl/α,β-unsaturated/α-hetero) is 1. The SMILES string of the molecule is CCOc1ccc([C@H]2/C(=C(\O)c3ccc4c(c3)C[C@@H](C)O4)C(=O)C(=O)N2Cc2cccnc2)cc1OCC.